The molecule has 2 rings (SSSR count). The van der Waals surface area contributed by atoms with Crippen LogP contribution in [-0.4, -0.2) is 32.4 Å². The molecule has 0 saturated carbocycles. The summed E-state index contributed by atoms with van der Waals surface area (Å²) in [6.07, 6.45) is 1.96. The molecule has 4 nitrogen and oxygen atoms in total. The van der Waals surface area contributed by atoms with E-state index in [0.29, 0.717) is 36.4 Å². The van der Waals surface area contributed by atoms with Crippen molar-refractivity contribution in [2.75, 3.05) is 19.7 Å². The number of hydrogen-bond donors (Lipinski definition) is 0. The van der Waals surface area contributed by atoms with Gasteiger partial charge in [0, 0.05) is 18.1 Å². The topological polar surface area (TPSA) is 46.6 Å². The van der Waals surface area contributed by atoms with Gasteiger partial charge in [-0.25, -0.2) is 8.42 Å². The van der Waals surface area contributed by atoms with Crippen LogP contribution in [0.15, 0.2) is 23.1 Å². The van der Waals surface area contributed by atoms with Gasteiger partial charge in [0.25, 0.3) is 0 Å². The Hall–Kier alpha value is -0.780. The standard InChI is InChI=1S/C14H20ClNO3S/c1-3-19-13-7-6-12(15)9-14(13)20(17,18)16-8-4-5-11(2)10-16/h6-7,9,11H,3-5,8,10H2,1-2H3/t11-/m1/s1. The summed E-state index contributed by atoms with van der Waals surface area (Å²) in [5.41, 5.74) is 0. The molecule has 0 bridgehead atoms. The number of ether oxygens (including phenoxy) is 1. The van der Waals surface area contributed by atoms with Gasteiger partial charge in [0.2, 0.25) is 10.0 Å². The Labute approximate surface area is 125 Å². The van der Waals surface area contributed by atoms with Crippen LogP contribution in [0.25, 0.3) is 0 Å². The average Bonchev–Trinajstić information content (AvgIpc) is 2.41. The molecule has 1 saturated heterocycles. The molecule has 1 aliphatic rings. The molecular weight excluding hydrogens is 298 g/mol. The number of sulfonamides is 1. The Morgan fingerprint density at radius 3 is 2.85 bits per heavy atom. The van der Waals surface area contributed by atoms with E-state index in [1.807, 2.05) is 6.92 Å². The summed E-state index contributed by atoms with van der Waals surface area (Å²) in [5, 5.41) is 0.400. The van der Waals surface area contributed by atoms with Crippen LogP contribution in [-0.2, 0) is 10.0 Å². The monoisotopic (exact) mass is 317 g/mol. The predicted octanol–water partition coefficient (Wildman–Crippen LogP) is 3.16. The fourth-order valence-electron chi connectivity index (χ4n) is 2.46. The van der Waals surface area contributed by atoms with E-state index < -0.39 is 10.0 Å². The van der Waals surface area contributed by atoms with Crippen molar-refractivity contribution in [1.82, 2.24) is 4.31 Å². The van der Waals surface area contributed by atoms with Gasteiger partial charge in [-0.3, -0.25) is 0 Å². The maximum absolute atomic E-state index is 12.8. The van der Waals surface area contributed by atoms with Crippen LogP contribution in [0, 0.1) is 5.92 Å². The molecule has 0 radical (unpaired) electrons. The zero-order valence-corrected chi connectivity index (χ0v) is 13.4. The highest BCUT2D eigenvalue weighted by Gasteiger charge is 2.31. The Morgan fingerprint density at radius 1 is 1.45 bits per heavy atom. The summed E-state index contributed by atoms with van der Waals surface area (Å²) in [4.78, 5) is 0.168. The van der Waals surface area contributed by atoms with E-state index in [1.165, 1.54) is 10.4 Å². The molecule has 0 aromatic heterocycles. The smallest absolute Gasteiger partial charge is 0.246 e. The van der Waals surface area contributed by atoms with Crippen LogP contribution in [0.1, 0.15) is 26.7 Å². The van der Waals surface area contributed by atoms with Crippen molar-refractivity contribution in [3.8, 4) is 5.75 Å². The second-order valence-corrected chi connectivity index (χ2v) is 7.48. The van der Waals surface area contributed by atoms with E-state index in [1.54, 1.807) is 12.1 Å². The Kier molecular flexibility index (Phi) is 4.94. The molecule has 1 atom stereocenters. The summed E-state index contributed by atoms with van der Waals surface area (Å²) in [6.45, 7) is 5.43. The molecule has 20 heavy (non-hydrogen) atoms. The largest absolute Gasteiger partial charge is 0.492 e. The third-order valence-electron chi connectivity index (χ3n) is 3.44. The van der Waals surface area contributed by atoms with Crippen LogP contribution >= 0.6 is 11.6 Å². The fourth-order valence-corrected chi connectivity index (χ4v) is 4.45. The molecule has 0 amide bonds. The second-order valence-electron chi connectivity index (χ2n) is 5.13. The van der Waals surface area contributed by atoms with Crippen molar-refractivity contribution in [1.29, 1.82) is 0 Å². The van der Waals surface area contributed by atoms with E-state index >= 15 is 0 Å². The zero-order chi connectivity index (χ0) is 14.8. The lowest BCUT2D eigenvalue weighted by Gasteiger charge is -2.30. The van der Waals surface area contributed by atoms with E-state index in [9.17, 15) is 8.42 Å². The molecule has 0 spiro atoms. The van der Waals surface area contributed by atoms with Crippen molar-refractivity contribution in [2.24, 2.45) is 5.92 Å². The third kappa shape index (κ3) is 3.27. The van der Waals surface area contributed by atoms with Crippen LogP contribution in [0.2, 0.25) is 5.02 Å². The molecule has 0 aliphatic carbocycles. The van der Waals surface area contributed by atoms with Crippen LogP contribution in [0.3, 0.4) is 0 Å². The summed E-state index contributed by atoms with van der Waals surface area (Å²) in [7, 11) is -3.55. The minimum Gasteiger partial charge on any atom is -0.492 e. The van der Waals surface area contributed by atoms with Gasteiger partial charge < -0.3 is 4.74 Å². The third-order valence-corrected chi connectivity index (χ3v) is 5.56. The van der Waals surface area contributed by atoms with Gasteiger partial charge in [-0.1, -0.05) is 18.5 Å². The number of nitrogens with zero attached hydrogens (tertiary/aromatic N) is 1. The molecule has 0 N–H and O–H groups in total. The maximum atomic E-state index is 12.8. The molecule has 1 aromatic rings. The van der Waals surface area contributed by atoms with Crippen molar-refractivity contribution in [3.05, 3.63) is 23.2 Å². The Bertz CT molecular complexity index is 574. The maximum Gasteiger partial charge on any atom is 0.246 e. The molecular formula is C14H20ClNO3S. The van der Waals surface area contributed by atoms with E-state index in [2.05, 4.69) is 6.92 Å². The SMILES string of the molecule is CCOc1ccc(Cl)cc1S(=O)(=O)N1CCC[C@@H](C)C1. The molecule has 1 fully saturated rings. The van der Waals surface area contributed by atoms with Crippen molar-refractivity contribution >= 4 is 21.6 Å². The summed E-state index contributed by atoms with van der Waals surface area (Å²) < 4.78 is 32.5. The van der Waals surface area contributed by atoms with Crippen molar-refractivity contribution in [3.63, 3.8) is 0 Å². The Morgan fingerprint density at radius 2 is 2.20 bits per heavy atom. The summed E-state index contributed by atoms with van der Waals surface area (Å²) in [6, 6.07) is 4.73. The second kappa shape index (κ2) is 6.33. The molecule has 1 aromatic carbocycles. The molecule has 6 heteroatoms. The Balaban J connectivity index is 2.40. The quantitative estimate of drug-likeness (QED) is 0.857. The normalized spacial score (nSPS) is 20.9. The van der Waals surface area contributed by atoms with E-state index in [4.69, 9.17) is 16.3 Å². The first-order chi connectivity index (χ1) is 9.45. The first-order valence-corrected chi connectivity index (χ1v) is 8.69. The highest BCUT2D eigenvalue weighted by atomic mass is 35.5. The lowest BCUT2D eigenvalue weighted by Crippen LogP contribution is -2.39. The molecule has 1 heterocycles. The van der Waals surface area contributed by atoms with Gasteiger partial charge in [-0.05, 0) is 43.9 Å². The lowest BCUT2D eigenvalue weighted by molar-refractivity contribution is 0.278. The number of halogens is 1. The minimum atomic E-state index is -3.55. The van der Waals surface area contributed by atoms with E-state index in [0.717, 1.165) is 12.8 Å². The van der Waals surface area contributed by atoms with Gasteiger partial charge in [0.1, 0.15) is 10.6 Å². The lowest BCUT2D eigenvalue weighted by atomic mass is 10.0. The minimum absolute atomic E-state index is 0.168. The number of benzene rings is 1. The zero-order valence-electron chi connectivity index (χ0n) is 11.8. The van der Waals surface area contributed by atoms with Crippen LogP contribution in [0.4, 0.5) is 0 Å². The predicted molar refractivity (Wildman–Crippen MR) is 79.8 cm³/mol. The van der Waals surface area contributed by atoms with Gasteiger partial charge >= 0.3 is 0 Å². The summed E-state index contributed by atoms with van der Waals surface area (Å²) in [5.74, 6) is 0.753. The molecule has 1 aliphatic heterocycles. The number of hydrogen-bond acceptors (Lipinski definition) is 3. The van der Waals surface area contributed by atoms with E-state index in [-0.39, 0.29) is 4.90 Å². The molecule has 112 valence electrons. The van der Waals surface area contributed by atoms with Gasteiger partial charge in [-0.2, -0.15) is 4.31 Å². The molecule has 0 unspecified atom stereocenters. The van der Waals surface area contributed by atoms with Gasteiger partial charge in [-0.15, -0.1) is 0 Å². The first kappa shape index (κ1) is 15.6. The summed E-state index contributed by atoms with van der Waals surface area (Å²) >= 11 is 5.95. The van der Waals surface area contributed by atoms with Crippen LogP contribution in [0.5, 0.6) is 5.75 Å². The highest BCUT2D eigenvalue weighted by molar-refractivity contribution is 7.89. The fraction of sp³-hybridized carbons (Fsp3) is 0.571. The number of rotatable bonds is 4. The first-order valence-electron chi connectivity index (χ1n) is 6.87. The van der Waals surface area contributed by atoms with Crippen molar-refractivity contribution < 1.29 is 13.2 Å². The van der Waals surface area contributed by atoms with Crippen LogP contribution < -0.4 is 4.74 Å². The van der Waals surface area contributed by atoms with Crippen molar-refractivity contribution in [2.45, 2.75) is 31.6 Å². The van der Waals surface area contributed by atoms with Gasteiger partial charge in [0.05, 0.1) is 6.61 Å². The van der Waals surface area contributed by atoms with Gasteiger partial charge in [0.15, 0.2) is 0 Å². The average molecular weight is 318 g/mol. The number of piperidine rings is 1. The highest BCUT2D eigenvalue weighted by Crippen LogP contribution is 2.31.